The van der Waals surface area contributed by atoms with Crippen molar-refractivity contribution in [3.05, 3.63) is 0 Å². The van der Waals surface area contributed by atoms with Gasteiger partial charge in [0.05, 0.1) is 0 Å². The van der Waals surface area contributed by atoms with Crippen LogP contribution in [-0.2, 0) is 28.2 Å². The molecule has 26 heavy (non-hydrogen) atoms. The molecule has 1 atom stereocenters. The number of hydrogen-bond donors (Lipinski definition) is 4. The third kappa shape index (κ3) is 22.3. The highest BCUT2D eigenvalue weighted by Gasteiger charge is 2.22. The van der Waals surface area contributed by atoms with Gasteiger partial charge in [0, 0.05) is 6.42 Å². The minimum atomic E-state index is -4.27. The Morgan fingerprint density at radius 3 is 2.27 bits per heavy atom. The van der Waals surface area contributed by atoms with Gasteiger partial charge >= 0.3 is 25.6 Å². The first-order chi connectivity index (χ1) is 12.0. The van der Waals surface area contributed by atoms with E-state index in [1.54, 1.807) is 0 Å². The van der Waals surface area contributed by atoms with Crippen molar-refractivity contribution >= 4 is 25.6 Å². The number of hydrogen-bond acceptors (Lipinski definition) is 8. The van der Waals surface area contributed by atoms with E-state index >= 15 is 0 Å². The monoisotopic (exact) mass is 400 g/mol. The second kappa shape index (κ2) is 15.6. The fourth-order valence-electron chi connectivity index (χ4n) is 1.16. The number of carbonyl (C=O) groups excluding carboxylic acids is 2. The molecule has 0 saturated carbocycles. The number of nitrogens with two attached hydrogens (primary N) is 1. The number of carboxylic acid groups (broad SMARTS) is 1. The fourth-order valence-corrected chi connectivity index (χ4v) is 1.89. The number of nitrogens with one attached hydrogen (secondary N) is 1. The molecule has 0 saturated heterocycles. The summed E-state index contributed by atoms with van der Waals surface area (Å²) in [6.07, 6.45) is 0.804. The Hall–Kier alpha value is -1.68. The zero-order valence-electron chi connectivity index (χ0n) is 15.3. The highest BCUT2D eigenvalue weighted by molar-refractivity contribution is 7.52. The van der Waals surface area contributed by atoms with Gasteiger partial charge < -0.3 is 30.5 Å². The summed E-state index contributed by atoms with van der Waals surface area (Å²) in [6, 6.07) is 0.333. The Morgan fingerprint density at radius 1 is 1.19 bits per heavy atom. The third-order valence-corrected chi connectivity index (χ3v) is 3.30. The largest absolute Gasteiger partial charge is 0.480 e. The molecular weight excluding hydrogens is 371 g/mol. The molecule has 0 spiro atoms. The Balaban J connectivity index is 0. The van der Waals surface area contributed by atoms with Crippen molar-refractivity contribution in [2.24, 2.45) is 5.73 Å². The first-order valence-corrected chi connectivity index (χ1v) is 9.76. The summed E-state index contributed by atoms with van der Waals surface area (Å²) in [7, 11) is -4.27. The lowest BCUT2D eigenvalue weighted by Gasteiger charge is -2.12. The maximum Gasteiger partial charge on any atom is 0.410 e. The summed E-state index contributed by atoms with van der Waals surface area (Å²) < 4.78 is 24.5. The number of unbranched alkanes of at least 4 members (excludes halogenated alkanes) is 2. The van der Waals surface area contributed by atoms with Crippen molar-refractivity contribution in [2.45, 2.75) is 52.5 Å². The van der Waals surface area contributed by atoms with Crippen molar-refractivity contribution in [3.8, 4) is 0 Å². The molecule has 0 radical (unpaired) electrons. The lowest BCUT2D eigenvalue weighted by Crippen LogP contribution is -2.27. The van der Waals surface area contributed by atoms with E-state index in [1.807, 2.05) is 26.1 Å². The molecule has 0 bridgehead atoms. The topological polar surface area (TPSA) is 174 Å². The Kier molecular flexibility index (Phi) is 15.9. The molecule has 1 unspecified atom stereocenters. The molecule has 0 heterocycles. The summed E-state index contributed by atoms with van der Waals surface area (Å²) in [5, 5.41) is 10.2. The van der Waals surface area contributed by atoms with E-state index in [4.69, 9.17) is 15.7 Å². The quantitative estimate of drug-likeness (QED) is 0.172. The molecule has 154 valence electrons. The van der Waals surface area contributed by atoms with Crippen LogP contribution in [0.1, 0.15) is 46.5 Å². The molecule has 11 nitrogen and oxygen atoms in total. The Bertz CT molecular complexity index is 469. The van der Waals surface area contributed by atoms with E-state index in [-0.39, 0.29) is 6.42 Å². The normalized spacial score (nSPS) is 12.4. The van der Waals surface area contributed by atoms with Gasteiger partial charge in [-0.05, 0) is 12.5 Å². The van der Waals surface area contributed by atoms with Gasteiger partial charge in [-0.3, -0.25) is 13.9 Å². The third-order valence-electron chi connectivity index (χ3n) is 2.21. The van der Waals surface area contributed by atoms with E-state index < -0.39 is 45.3 Å². The van der Waals surface area contributed by atoms with Gasteiger partial charge in [0.25, 0.3) is 0 Å². The van der Waals surface area contributed by atoms with Crippen LogP contribution in [0.15, 0.2) is 0 Å². The van der Waals surface area contributed by atoms with E-state index in [0.717, 1.165) is 12.8 Å². The zero-order valence-corrected chi connectivity index (χ0v) is 16.2. The average molecular weight is 400 g/mol. The van der Waals surface area contributed by atoms with E-state index in [0.29, 0.717) is 12.5 Å². The Morgan fingerprint density at radius 2 is 1.77 bits per heavy atom. The molecule has 0 aliphatic heterocycles. The highest BCUT2D eigenvalue weighted by atomic mass is 31.2. The number of rotatable bonds is 11. The van der Waals surface area contributed by atoms with Crippen molar-refractivity contribution < 1.29 is 42.9 Å². The van der Waals surface area contributed by atoms with Crippen molar-refractivity contribution in [1.29, 1.82) is 0 Å². The van der Waals surface area contributed by atoms with Crippen LogP contribution >= 0.6 is 7.60 Å². The summed E-state index contributed by atoms with van der Waals surface area (Å²) >= 11 is 0. The lowest BCUT2D eigenvalue weighted by atomic mass is 10.2. The summed E-state index contributed by atoms with van der Waals surface area (Å²) in [4.78, 5) is 41.6. The van der Waals surface area contributed by atoms with Gasteiger partial charge in [0.2, 0.25) is 6.79 Å². The van der Waals surface area contributed by atoms with Crippen LogP contribution in [0.25, 0.3) is 0 Å². The second-order valence-electron chi connectivity index (χ2n) is 5.41. The van der Waals surface area contributed by atoms with Gasteiger partial charge in [-0.15, -0.1) is 0 Å². The standard InChI is InChI=1S/C11H20NO9P.C3H9N/c1-2-3-4-5-10(15)19-8-20-11(16)12-7-22(17,18)21-6-9(13)14;1-3(2)4/h2-8H2,1H3,(H,12,16)(H,13,14)(H,17,18);3H,4H2,1-2H3. The molecule has 0 aliphatic rings. The number of carboxylic acids is 1. The first-order valence-electron chi connectivity index (χ1n) is 8.00. The number of ether oxygens (including phenoxy) is 2. The van der Waals surface area contributed by atoms with Gasteiger partial charge in [0.1, 0.15) is 6.29 Å². The van der Waals surface area contributed by atoms with E-state index in [9.17, 15) is 18.9 Å². The lowest BCUT2D eigenvalue weighted by molar-refractivity contribution is -0.152. The molecule has 0 aliphatic carbocycles. The van der Waals surface area contributed by atoms with Crippen LogP contribution in [0.2, 0.25) is 0 Å². The van der Waals surface area contributed by atoms with Crippen molar-refractivity contribution in [2.75, 3.05) is 19.7 Å². The molecule has 0 aromatic carbocycles. The molecular formula is C14H29N2O9P. The second-order valence-corrected chi connectivity index (χ2v) is 7.26. The fraction of sp³-hybridized carbons (Fsp3) is 0.786. The predicted octanol–water partition coefficient (Wildman–Crippen LogP) is 1.39. The summed E-state index contributed by atoms with van der Waals surface area (Å²) in [6.45, 7) is 4.28. The predicted molar refractivity (Wildman–Crippen MR) is 92.3 cm³/mol. The maximum atomic E-state index is 11.3. The van der Waals surface area contributed by atoms with Crippen molar-refractivity contribution in [1.82, 2.24) is 5.32 Å². The van der Waals surface area contributed by atoms with Crippen LogP contribution in [0, 0.1) is 0 Å². The van der Waals surface area contributed by atoms with Crippen LogP contribution < -0.4 is 11.1 Å². The first kappa shape index (κ1) is 26.5. The van der Waals surface area contributed by atoms with E-state index in [1.165, 1.54) is 0 Å². The number of amides is 1. The molecule has 12 heteroatoms. The van der Waals surface area contributed by atoms with Crippen LogP contribution in [0.5, 0.6) is 0 Å². The summed E-state index contributed by atoms with van der Waals surface area (Å²) in [5.74, 6) is -1.94. The van der Waals surface area contributed by atoms with Crippen LogP contribution in [0.4, 0.5) is 4.79 Å². The average Bonchev–Trinajstić information content (AvgIpc) is 2.51. The molecule has 0 rings (SSSR count). The number of esters is 1. The van der Waals surface area contributed by atoms with Crippen LogP contribution in [-0.4, -0.2) is 53.8 Å². The number of carbonyl (C=O) groups is 3. The van der Waals surface area contributed by atoms with Gasteiger partial charge in [-0.2, -0.15) is 0 Å². The smallest absolute Gasteiger partial charge is 0.410 e. The summed E-state index contributed by atoms with van der Waals surface area (Å²) in [5.41, 5.74) is 5.11. The Labute approximate surface area is 152 Å². The van der Waals surface area contributed by atoms with Crippen molar-refractivity contribution in [3.63, 3.8) is 0 Å². The van der Waals surface area contributed by atoms with Gasteiger partial charge in [0.15, 0.2) is 6.61 Å². The zero-order chi connectivity index (χ0) is 20.6. The van der Waals surface area contributed by atoms with E-state index in [2.05, 4.69) is 14.0 Å². The molecule has 5 N–H and O–H groups in total. The van der Waals surface area contributed by atoms with Gasteiger partial charge in [-0.25, -0.2) is 9.59 Å². The minimum Gasteiger partial charge on any atom is -0.480 e. The molecule has 1 amide bonds. The number of aliphatic carboxylic acids is 1. The van der Waals surface area contributed by atoms with Gasteiger partial charge in [-0.1, -0.05) is 33.6 Å². The molecule has 0 aromatic rings. The van der Waals surface area contributed by atoms with Crippen LogP contribution in [0.3, 0.4) is 0 Å². The molecule has 0 aromatic heterocycles. The number of alkyl carbamates (subject to hydrolysis) is 1. The maximum absolute atomic E-state index is 11.3. The highest BCUT2D eigenvalue weighted by Crippen LogP contribution is 2.39. The molecule has 0 fully saturated rings. The minimum absolute atomic E-state index is 0.216. The SMILES string of the molecule is CC(C)N.CCCCCC(=O)OCOC(=O)NCP(=O)(O)OCC(=O)O.